The van der Waals surface area contributed by atoms with Crippen LogP contribution in [0.3, 0.4) is 0 Å². The van der Waals surface area contributed by atoms with Crippen molar-refractivity contribution in [3.8, 4) is 12.3 Å². The van der Waals surface area contributed by atoms with Gasteiger partial charge in [-0.25, -0.2) is 0 Å². The van der Waals surface area contributed by atoms with E-state index in [0.29, 0.717) is 0 Å². The summed E-state index contributed by atoms with van der Waals surface area (Å²) in [5.41, 5.74) is 4.71. The van der Waals surface area contributed by atoms with E-state index in [-0.39, 0.29) is 6.42 Å². The van der Waals surface area contributed by atoms with Crippen molar-refractivity contribution < 1.29 is 4.79 Å². The first kappa shape index (κ1) is 7.63. The van der Waals surface area contributed by atoms with Gasteiger partial charge in [-0.15, -0.1) is 17.3 Å². The zero-order valence-electron chi connectivity index (χ0n) is 4.70. The van der Waals surface area contributed by atoms with Crippen LogP contribution < -0.4 is 5.73 Å². The summed E-state index contributed by atoms with van der Waals surface area (Å²) in [7, 11) is 0. The number of hydrogen-bond acceptors (Lipinski definition) is 3. The van der Waals surface area contributed by atoms with Gasteiger partial charge < -0.3 is 5.73 Å². The molecule has 4 heteroatoms. The molecule has 2 N–H and O–H groups in total. The van der Waals surface area contributed by atoms with Crippen LogP contribution in [0.1, 0.15) is 6.42 Å². The molecule has 0 aliphatic rings. The average Bonchev–Trinajstić information content (AvgIpc) is 1.82. The van der Waals surface area contributed by atoms with Crippen LogP contribution in [0.4, 0.5) is 0 Å². The Morgan fingerprint density at radius 3 is 2.56 bits per heavy atom. The molecule has 0 radical (unpaired) electrons. The number of terminal acetylenes is 1. The van der Waals surface area contributed by atoms with Gasteiger partial charge in [-0.1, -0.05) is 5.18 Å². The maximum absolute atomic E-state index is 10.2. The number of nitroso groups, excluding NO2 is 1. The van der Waals surface area contributed by atoms with Crippen LogP contribution >= 0.6 is 0 Å². The third-order valence-corrected chi connectivity index (χ3v) is 0.767. The summed E-state index contributed by atoms with van der Waals surface area (Å²) in [6, 6.07) is -1.06. The Morgan fingerprint density at radius 2 is 2.44 bits per heavy atom. The van der Waals surface area contributed by atoms with E-state index in [1.54, 1.807) is 0 Å². The van der Waals surface area contributed by atoms with Gasteiger partial charge in [0, 0.05) is 6.42 Å². The molecule has 9 heavy (non-hydrogen) atoms. The highest BCUT2D eigenvalue weighted by atomic mass is 16.3. The van der Waals surface area contributed by atoms with Crippen LogP contribution in [0.2, 0.25) is 0 Å². The van der Waals surface area contributed by atoms with Crippen molar-refractivity contribution >= 4 is 5.91 Å². The molecule has 0 heterocycles. The molecule has 0 aromatic rings. The van der Waals surface area contributed by atoms with Crippen LogP contribution in [0.25, 0.3) is 0 Å². The van der Waals surface area contributed by atoms with Gasteiger partial charge in [0.25, 0.3) is 0 Å². The lowest BCUT2D eigenvalue weighted by atomic mass is 10.2. The molecule has 0 saturated heterocycles. The molecule has 0 bridgehead atoms. The Hall–Kier alpha value is -1.37. The van der Waals surface area contributed by atoms with Crippen molar-refractivity contribution in [2.75, 3.05) is 0 Å². The summed E-state index contributed by atoms with van der Waals surface area (Å²) in [4.78, 5) is 19.8. The van der Waals surface area contributed by atoms with Gasteiger partial charge in [0.15, 0.2) is 6.04 Å². The SMILES string of the molecule is C#CCC(N=O)C(N)=O. The van der Waals surface area contributed by atoms with Gasteiger partial charge >= 0.3 is 0 Å². The molecule has 1 atom stereocenters. The first-order valence-corrected chi connectivity index (χ1v) is 2.27. The summed E-state index contributed by atoms with van der Waals surface area (Å²) < 4.78 is 0. The van der Waals surface area contributed by atoms with E-state index in [1.807, 2.05) is 0 Å². The first-order chi connectivity index (χ1) is 4.22. The van der Waals surface area contributed by atoms with Crippen LogP contribution in [-0.4, -0.2) is 11.9 Å². The fourth-order valence-electron chi connectivity index (χ4n) is 0.301. The third kappa shape index (κ3) is 2.44. The third-order valence-electron chi connectivity index (χ3n) is 0.767. The minimum atomic E-state index is -1.06. The number of carbonyl (C=O) groups excluding carboxylic acids is 1. The van der Waals surface area contributed by atoms with Gasteiger partial charge in [-0.05, 0) is 0 Å². The molecule has 0 aromatic heterocycles. The van der Waals surface area contributed by atoms with Gasteiger partial charge in [-0.3, -0.25) is 4.79 Å². The lowest BCUT2D eigenvalue weighted by Gasteiger charge is -1.95. The highest BCUT2D eigenvalue weighted by molar-refractivity contribution is 5.80. The molecule has 0 aromatic carbocycles. The van der Waals surface area contributed by atoms with Gasteiger partial charge in [0.2, 0.25) is 5.91 Å². The summed E-state index contributed by atoms with van der Waals surface area (Å²) >= 11 is 0. The number of nitrogens with two attached hydrogens (primary N) is 1. The second kappa shape index (κ2) is 3.61. The minimum absolute atomic E-state index is 0.0150. The second-order valence-corrected chi connectivity index (χ2v) is 1.43. The smallest absolute Gasteiger partial charge is 0.246 e. The fourth-order valence-corrected chi connectivity index (χ4v) is 0.301. The predicted octanol–water partition coefficient (Wildman–Crippen LogP) is -0.370. The maximum Gasteiger partial charge on any atom is 0.246 e. The number of hydrogen-bond donors (Lipinski definition) is 1. The Morgan fingerprint density at radius 1 is 1.89 bits per heavy atom. The van der Waals surface area contributed by atoms with Crippen molar-refractivity contribution in [3.05, 3.63) is 4.91 Å². The summed E-state index contributed by atoms with van der Waals surface area (Å²) in [6.07, 6.45) is 4.77. The van der Waals surface area contributed by atoms with Crippen LogP contribution in [0.5, 0.6) is 0 Å². The molecule has 0 saturated carbocycles. The molecular weight excluding hydrogens is 120 g/mol. The predicted molar refractivity (Wildman–Crippen MR) is 32.2 cm³/mol. The van der Waals surface area contributed by atoms with Crippen LogP contribution in [0.15, 0.2) is 5.18 Å². The summed E-state index contributed by atoms with van der Waals surface area (Å²) in [6.45, 7) is 0. The molecule has 0 spiro atoms. The Kier molecular flexibility index (Phi) is 3.06. The Bertz CT molecular complexity index is 159. The topological polar surface area (TPSA) is 72.5 Å². The van der Waals surface area contributed by atoms with E-state index in [4.69, 9.17) is 12.2 Å². The maximum atomic E-state index is 10.2. The minimum Gasteiger partial charge on any atom is -0.368 e. The fraction of sp³-hybridized carbons (Fsp3) is 0.400. The molecular formula is C5H6N2O2. The van der Waals surface area contributed by atoms with Crippen molar-refractivity contribution in [1.29, 1.82) is 0 Å². The summed E-state index contributed by atoms with van der Waals surface area (Å²) in [5, 5.41) is 2.41. The molecule has 1 unspecified atom stereocenters. The standard InChI is InChI=1S/C5H6N2O2/c1-2-3-4(7-9)5(6)8/h1,4H,3H2,(H2,6,8). The van der Waals surface area contributed by atoms with Gasteiger partial charge in [0.05, 0.1) is 0 Å². The normalized spacial score (nSPS) is 11.4. The molecule has 0 aliphatic heterocycles. The van der Waals surface area contributed by atoms with E-state index in [1.165, 1.54) is 0 Å². The number of rotatable bonds is 3. The molecule has 0 aliphatic carbocycles. The molecule has 0 rings (SSSR count). The van der Waals surface area contributed by atoms with Crippen molar-refractivity contribution in [2.24, 2.45) is 10.9 Å². The largest absolute Gasteiger partial charge is 0.368 e. The van der Waals surface area contributed by atoms with E-state index in [9.17, 15) is 9.70 Å². The highest BCUT2D eigenvalue weighted by Crippen LogP contribution is 1.93. The monoisotopic (exact) mass is 126 g/mol. The van der Waals surface area contributed by atoms with Crippen molar-refractivity contribution in [1.82, 2.24) is 0 Å². The molecule has 4 nitrogen and oxygen atoms in total. The quantitative estimate of drug-likeness (QED) is 0.414. The van der Waals surface area contributed by atoms with E-state index < -0.39 is 11.9 Å². The molecule has 0 fully saturated rings. The highest BCUT2D eigenvalue weighted by Gasteiger charge is 2.12. The van der Waals surface area contributed by atoms with Gasteiger partial charge in [-0.2, -0.15) is 0 Å². The number of primary amides is 1. The van der Waals surface area contributed by atoms with E-state index >= 15 is 0 Å². The second-order valence-electron chi connectivity index (χ2n) is 1.43. The van der Waals surface area contributed by atoms with Crippen molar-refractivity contribution in [3.63, 3.8) is 0 Å². The van der Waals surface area contributed by atoms with E-state index in [2.05, 4.69) is 11.1 Å². The summed E-state index contributed by atoms with van der Waals surface area (Å²) in [5.74, 6) is 1.33. The Balaban J connectivity index is 3.86. The van der Waals surface area contributed by atoms with E-state index in [0.717, 1.165) is 0 Å². The number of nitrogens with zero attached hydrogens (tertiary/aromatic N) is 1. The zero-order valence-corrected chi connectivity index (χ0v) is 4.70. The van der Waals surface area contributed by atoms with Crippen LogP contribution in [-0.2, 0) is 4.79 Å². The lowest BCUT2D eigenvalue weighted by molar-refractivity contribution is -0.119. The zero-order chi connectivity index (χ0) is 7.28. The Labute approximate surface area is 52.4 Å². The lowest BCUT2D eigenvalue weighted by Crippen LogP contribution is -2.25. The van der Waals surface area contributed by atoms with Crippen molar-refractivity contribution in [2.45, 2.75) is 12.5 Å². The molecule has 48 valence electrons. The number of amides is 1. The van der Waals surface area contributed by atoms with Gasteiger partial charge in [0.1, 0.15) is 0 Å². The first-order valence-electron chi connectivity index (χ1n) is 2.27. The molecule has 1 amide bonds. The number of carbonyl (C=O) groups is 1. The van der Waals surface area contributed by atoms with Crippen LogP contribution in [0, 0.1) is 17.3 Å². The average molecular weight is 126 g/mol.